The molecule has 0 bridgehead atoms. The number of carboxylic acids is 1. The molecule has 27 heavy (non-hydrogen) atoms. The minimum atomic E-state index is -3.61. The third kappa shape index (κ3) is 4.16. The van der Waals surface area contributed by atoms with Gasteiger partial charge in [-0.2, -0.15) is 4.31 Å². The first-order valence-electron chi connectivity index (χ1n) is 9.37. The average Bonchev–Trinajstić information content (AvgIpc) is 2.67. The summed E-state index contributed by atoms with van der Waals surface area (Å²) in [5, 5.41) is 9.24. The van der Waals surface area contributed by atoms with Crippen LogP contribution in [0.3, 0.4) is 0 Å². The molecule has 0 aliphatic carbocycles. The number of nitrogens with zero attached hydrogens (tertiary/aromatic N) is 2. The first kappa shape index (κ1) is 19.8. The number of piperidine rings is 2. The lowest BCUT2D eigenvalue weighted by atomic mass is 9.86. The van der Waals surface area contributed by atoms with Crippen molar-refractivity contribution in [2.75, 3.05) is 26.2 Å². The lowest BCUT2D eigenvalue weighted by molar-refractivity contribution is -0.149. The van der Waals surface area contributed by atoms with Gasteiger partial charge in [0.05, 0.1) is 16.7 Å². The van der Waals surface area contributed by atoms with Gasteiger partial charge >= 0.3 is 5.97 Å². The summed E-state index contributed by atoms with van der Waals surface area (Å²) in [4.78, 5) is 26.2. The van der Waals surface area contributed by atoms with Crippen LogP contribution in [0.4, 0.5) is 0 Å². The van der Waals surface area contributed by atoms with E-state index in [0.717, 1.165) is 0 Å². The van der Waals surface area contributed by atoms with Gasteiger partial charge in [0.1, 0.15) is 0 Å². The third-order valence-electron chi connectivity index (χ3n) is 5.65. The predicted molar refractivity (Wildman–Crippen MR) is 99.4 cm³/mol. The van der Waals surface area contributed by atoms with Crippen molar-refractivity contribution in [3.63, 3.8) is 0 Å². The molecule has 2 aliphatic rings. The molecule has 7 nitrogen and oxygen atoms in total. The number of hydrogen-bond acceptors (Lipinski definition) is 4. The van der Waals surface area contributed by atoms with Crippen LogP contribution < -0.4 is 0 Å². The van der Waals surface area contributed by atoms with Crippen molar-refractivity contribution >= 4 is 21.9 Å². The first-order chi connectivity index (χ1) is 12.8. The number of carboxylic acid groups (broad SMARTS) is 1. The van der Waals surface area contributed by atoms with Gasteiger partial charge in [-0.3, -0.25) is 9.59 Å². The summed E-state index contributed by atoms with van der Waals surface area (Å²) in [5.41, 5.74) is 0. The molecule has 8 heteroatoms. The van der Waals surface area contributed by atoms with Gasteiger partial charge in [0.25, 0.3) is 0 Å². The van der Waals surface area contributed by atoms with Crippen LogP contribution in [-0.4, -0.2) is 60.8 Å². The zero-order valence-electron chi connectivity index (χ0n) is 15.5. The van der Waals surface area contributed by atoms with Gasteiger partial charge < -0.3 is 10.0 Å². The largest absolute Gasteiger partial charge is 0.481 e. The quantitative estimate of drug-likeness (QED) is 0.838. The molecule has 3 unspecified atom stereocenters. The summed E-state index contributed by atoms with van der Waals surface area (Å²) in [7, 11) is -3.61. The Balaban J connectivity index is 1.68. The second-order valence-corrected chi connectivity index (χ2v) is 9.45. The number of benzene rings is 1. The Labute approximate surface area is 160 Å². The van der Waals surface area contributed by atoms with Crippen molar-refractivity contribution in [2.45, 2.75) is 31.1 Å². The predicted octanol–water partition coefficient (Wildman–Crippen LogP) is 1.66. The fraction of sp³-hybridized carbons (Fsp3) is 0.579. The first-order valence-corrected chi connectivity index (χ1v) is 10.8. The van der Waals surface area contributed by atoms with Gasteiger partial charge in [-0.15, -0.1) is 0 Å². The standard InChI is InChI=1S/C19H26N2O5S/c1-14-12-20(11-9-17(14)19(23)24)18(22)15-6-5-10-21(13-15)27(25,26)16-7-3-2-4-8-16/h2-4,7-8,14-15,17H,5-6,9-13H2,1H3,(H,23,24). The highest BCUT2D eigenvalue weighted by Crippen LogP contribution is 2.28. The average molecular weight is 394 g/mol. The van der Waals surface area contributed by atoms with Crippen molar-refractivity contribution < 1.29 is 23.1 Å². The molecule has 1 aromatic rings. The Kier molecular flexibility index (Phi) is 5.86. The number of sulfonamides is 1. The number of carbonyl (C=O) groups is 2. The molecule has 2 heterocycles. The molecule has 0 spiro atoms. The smallest absolute Gasteiger partial charge is 0.306 e. The van der Waals surface area contributed by atoms with E-state index in [1.165, 1.54) is 4.31 Å². The molecule has 1 N–H and O–H groups in total. The lowest BCUT2D eigenvalue weighted by Gasteiger charge is -2.39. The van der Waals surface area contributed by atoms with Gasteiger partial charge in [-0.1, -0.05) is 25.1 Å². The second-order valence-electron chi connectivity index (χ2n) is 7.51. The highest BCUT2D eigenvalue weighted by Gasteiger charge is 2.38. The van der Waals surface area contributed by atoms with Crippen LogP contribution in [-0.2, 0) is 19.6 Å². The highest BCUT2D eigenvalue weighted by molar-refractivity contribution is 7.89. The molecular formula is C19H26N2O5S. The Bertz CT molecular complexity index is 796. The van der Waals surface area contributed by atoms with Crippen LogP contribution in [0.15, 0.2) is 35.2 Å². The molecule has 148 valence electrons. The van der Waals surface area contributed by atoms with Crippen LogP contribution in [0.5, 0.6) is 0 Å². The Morgan fingerprint density at radius 3 is 2.41 bits per heavy atom. The summed E-state index contributed by atoms with van der Waals surface area (Å²) in [6, 6.07) is 8.28. The maximum Gasteiger partial charge on any atom is 0.306 e. The summed E-state index contributed by atoms with van der Waals surface area (Å²) in [5.74, 6) is -1.76. The molecule has 2 fully saturated rings. The molecule has 1 aromatic carbocycles. The van der Waals surface area contributed by atoms with Crippen molar-refractivity contribution in [3.05, 3.63) is 30.3 Å². The lowest BCUT2D eigenvalue weighted by Crippen LogP contribution is -2.50. The van der Waals surface area contributed by atoms with Crippen molar-refractivity contribution in [1.82, 2.24) is 9.21 Å². The van der Waals surface area contributed by atoms with E-state index in [2.05, 4.69) is 0 Å². The summed E-state index contributed by atoms with van der Waals surface area (Å²) in [6.45, 7) is 3.28. The number of likely N-dealkylation sites (tertiary alicyclic amines) is 1. The molecule has 0 radical (unpaired) electrons. The molecule has 0 aromatic heterocycles. The van der Waals surface area contributed by atoms with E-state index < -0.39 is 21.9 Å². The summed E-state index contributed by atoms with van der Waals surface area (Å²) >= 11 is 0. The van der Waals surface area contributed by atoms with Gasteiger partial charge in [0, 0.05) is 26.2 Å². The minimum Gasteiger partial charge on any atom is -0.481 e. The topological polar surface area (TPSA) is 95.0 Å². The normalized spacial score (nSPS) is 27.3. The second kappa shape index (κ2) is 7.98. The number of amides is 1. The van der Waals surface area contributed by atoms with Crippen LogP contribution in [0.25, 0.3) is 0 Å². The third-order valence-corrected chi connectivity index (χ3v) is 7.53. The van der Waals surface area contributed by atoms with Crippen LogP contribution >= 0.6 is 0 Å². The Morgan fingerprint density at radius 1 is 1.07 bits per heavy atom. The fourth-order valence-corrected chi connectivity index (χ4v) is 5.62. The zero-order valence-corrected chi connectivity index (χ0v) is 16.3. The molecule has 0 saturated carbocycles. The van der Waals surface area contributed by atoms with Gasteiger partial charge in [-0.25, -0.2) is 8.42 Å². The van der Waals surface area contributed by atoms with Gasteiger partial charge in [-0.05, 0) is 37.3 Å². The van der Waals surface area contributed by atoms with Gasteiger partial charge in [0.2, 0.25) is 15.9 Å². The summed E-state index contributed by atoms with van der Waals surface area (Å²) < 4.78 is 27.1. The van der Waals surface area contributed by atoms with Crippen molar-refractivity contribution in [2.24, 2.45) is 17.8 Å². The van der Waals surface area contributed by atoms with E-state index in [1.54, 1.807) is 35.2 Å². The van der Waals surface area contributed by atoms with Gasteiger partial charge in [0.15, 0.2) is 0 Å². The van der Waals surface area contributed by atoms with Crippen LogP contribution in [0, 0.1) is 17.8 Å². The molecule has 3 rings (SSSR count). The van der Waals surface area contributed by atoms with Crippen molar-refractivity contribution in [1.29, 1.82) is 0 Å². The number of hydrogen-bond donors (Lipinski definition) is 1. The number of carbonyl (C=O) groups excluding carboxylic acids is 1. The fourth-order valence-electron chi connectivity index (χ4n) is 4.07. The Morgan fingerprint density at radius 2 is 1.78 bits per heavy atom. The van der Waals surface area contributed by atoms with E-state index in [-0.39, 0.29) is 29.2 Å². The monoisotopic (exact) mass is 394 g/mol. The molecule has 3 atom stereocenters. The molecular weight excluding hydrogens is 368 g/mol. The minimum absolute atomic E-state index is 0.0568. The van der Waals surface area contributed by atoms with E-state index in [0.29, 0.717) is 38.9 Å². The van der Waals surface area contributed by atoms with E-state index in [9.17, 15) is 23.1 Å². The van der Waals surface area contributed by atoms with E-state index in [4.69, 9.17) is 0 Å². The SMILES string of the molecule is CC1CN(C(=O)C2CCCN(S(=O)(=O)c3ccccc3)C2)CCC1C(=O)O. The van der Waals surface area contributed by atoms with Crippen LogP contribution in [0.1, 0.15) is 26.2 Å². The van der Waals surface area contributed by atoms with Crippen LogP contribution in [0.2, 0.25) is 0 Å². The highest BCUT2D eigenvalue weighted by atomic mass is 32.2. The Hall–Kier alpha value is -1.93. The zero-order chi connectivity index (χ0) is 19.6. The molecule has 1 amide bonds. The molecule has 2 aliphatic heterocycles. The van der Waals surface area contributed by atoms with Crippen molar-refractivity contribution in [3.8, 4) is 0 Å². The number of rotatable bonds is 4. The summed E-state index contributed by atoms with van der Waals surface area (Å²) in [6.07, 6.45) is 1.75. The van der Waals surface area contributed by atoms with E-state index >= 15 is 0 Å². The maximum absolute atomic E-state index is 12.9. The number of aliphatic carboxylic acids is 1. The molecule has 2 saturated heterocycles. The maximum atomic E-state index is 12.9. The van der Waals surface area contributed by atoms with E-state index in [1.807, 2.05) is 6.92 Å².